The molecule has 23 heavy (non-hydrogen) atoms. The molecule has 122 valence electrons. The number of amidine groups is 1. The van der Waals surface area contributed by atoms with Gasteiger partial charge >= 0.3 is 5.97 Å². The van der Waals surface area contributed by atoms with Gasteiger partial charge in [-0.1, -0.05) is 11.8 Å². The predicted octanol–water partition coefficient (Wildman–Crippen LogP) is 2.43. The van der Waals surface area contributed by atoms with Gasteiger partial charge in [0, 0.05) is 12.2 Å². The second-order valence-corrected chi connectivity index (χ2v) is 6.25. The number of nitrogens with one attached hydrogen (secondary N) is 1. The summed E-state index contributed by atoms with van der Waals surface area (Å²) in [5, 5.41) is 16.8. The Balaban J connectivity index is 2.09. The van der Waals surface area contributed by atoms with Crippen LogP contribution in [0.15, 0.2) is 28.2 Å². The molecule has 0 aromatic heterocycles. The normalized spacial score (nSPS) is 15.2. The van der Waals surface area contributed by atoms with Crippen molar-refractivity contribution in [3.63, 3.8) is 0 Å². The minimum atomic E-state index is -1.15. The fourth-order valence-electron chi connectivity index (χ4n) is 2.24. The summed E-state index contributed by atoms with van der Waals surface area (Å²) in [6.45, 7) is 5.58. The first-order valence-electron chi connectivity index (χ1n) is 6.96. The quantitative estimate of drug-likeness (QED) is 0.653. The van der Waals surface area contributed by atoms with E-state index in [-0.39, 0.29) is 28.6 Å². The summed E-state index contributed by atoms with van der Waals surface area (Å²) in [5.41, 5.74) is 1.62. The Bertz CT molecular complexity index is 677. The van der Waals surface area contributed by atoms with Crippen LogP contribution in [0.5, 0.6) is 0 Å². The van der Waals surface area contributed by atoms with Gasteiger partial charge in [-0.2, -0.15) is 0 Å². The van der Waals surface area contributed by atoms with Crippen molar-refractivity contribution >= 4 is 41.0 Å². The van der Waals surface area contributed by atoms with Crippen LogP contribution in [0.4, 0.5) is 10.1 Å². The number of anilines is 1. The Labute approximate surface area is 137 Å². The van der Waals surface area contributed by atoms with Crippen molar-refractivity contribution in [1.29, 1.82) is 5.41 Å². The number of fused-ring (bicyclic) bond motifs is 1. The molecule has 1 unspecified atom stereocenters. The van der Waals surface area contributed by atoms with Gasteiger partial charge in [-0.15, -0.1) is 0 Å². The molecule has 1 aromatic rings. The highest BCUT2D eigenvalue weighted by Gasteiger charge is 2.23. The summed E-state index contributed by atoms with van der Waals surface area (Å²) in [6, 6.07) is 4.44. The van der Waals surface area contributed by atoms with Gasteiger partial charge in [0.1, 0.15) is 11.7 Å². The number of carbonyl (C=O) groups is 1. The van der Waals surface area contributed by atoms with Crippen LogP contribution < -0.4 is 4.90 Å². The number of aliphatic carboxylic acids is 1. The van der Waals surface area contributed by atoms with Gasteiger partial charge in [0.15, 0.2) is 5.04 Å². The zero-order valence-electron chi connectivity index (χ0n) is 12.6. The molecule has 1 aromatic carbocycles. The molecule has 1 aliphatic rings. The summed E-state index contributed by atoms with van der Waals surface area (Å²) in [4.78, 5) is 20.6. The number of carboxylic acid groups (broad SMARTS) is 1. The second kappa shape index (κ2) is 7.36. The van der Waals surface area contributed by atoms with E-state index < -0.39 is 5.97 Å². The van der Waals surface area contributed by atoms with Gasteiger partial charge in [-0.3, -0.25) is 15.4 Å². The molecule has 0 radical (unpaired) electrons. The fraction of sp³-hybridized carbons (Fsp3) is 0.333. The van der Waals surface area contributed by atoms with Gasteiger partial charge in [-0.05, 0) is 43.8 Å². The highest BCUT2D eigenvalue weighted by Crippen LogP contribution is 2.28. The SMILES string of the molecule is C=NC(C)S/C(=N\CC(=N)N1CCc2cc(F)ccc21)C(=O)O. The lowest BCUT2D eigenvalue weighted by atomic mass is 10.2. The van der Waals surface area contributed by atoms with Crippen LogP contribution in [0.25, 0.3) is 0 Å². The lowest BCUT2D eigenvalue weighted by Gasteiger charge is -2.19. The van der Waals surface area contributed by atoms with Crippen molar-refractivity contribution < 1.29 is 14.3 Å². The molecule has 1 aliphatic heterocycles. The van der Waals surface area contributed by atoms with Crippen molar-refractivity contribution in [3.05, 3.63) is 29.6 Å². The van der Waals surface area contributed by atoms with E-state index in [2.05, 4.69) is 16.7 Å². The van der Waals surface area contributed by atoms with Crippen LogP contribution in [-0.2, 0) is 11.2 Å². The van der Waals surface area contributed by atoms with Gasteiger partial charge in [0.25, 0.3) is 0 Å². The Morgan fingerprint density at radius 3 is 3.00 bits per heavy atom. The summed E-state index contributed by atoms with van der Waals surface area (Å²) >= 11 is 0.981. The molecule has 2 rings (SSSR count). The van der Waals surface area contributed by atoms with Gasteiger partial charge in [0.2, 0.25) is 0 Å². The first-order valence-corrected chi connectivity index (χ1v) is 7.84. The molecule has 0 fully saturated rings. The molecule has 0 spiro atoms. The number of halogens is 1. The van der Waals surface area contributed by atoms with Crippen molar-refractivity contribution in [1.82, 2.24) is 0 Å². The molecule has 1 atom stereocenters. The van der Waals surface area contributed by atoms with E-state index in [1.807, 2.05) is 0 Å². The van der Waals surface area contributed by atoms with E-state index >= 15 is 0 Å². The predicted molar refractivity (Wildman–Crippen MR) is 91.7 cm³/mol. The minimum absolute atomic E-state index is 0.0602. The number of hydrogen-bond acceptors (Lipinski definition) is 5. The Hall–Kier alpha value is -2.22. The number of hydrogen-bond donors (Lipinski definition) is 2. The highest BCUT2D eigenvalue weighted by atomic mass is 32.2. The van der Waals surface area contributed by atoms with Crippen LogP contribution in [-0.4, -0.2) is 47.1 Å². The number of benzene rings is 1. The van der Waals surface area contributed by atoms with Crippen molar-refractivity contribution in [2.45, 2.75) is 18.7 Å². The number of rotatable bonds is 4. The van der Waals surface area contributed by atoms with Crippen molar-refractivity contribution in [2.75, 3.05) is 18.0 Å². The third-order valence-corrected chi connectivity index (χ3v) is 4.37. The lowest BCUT2D eigenvalue weighted by Crippen LogP contribution is -2.31. The molecule has 0 saturated heterocycles. The molecule has 6 nitrogen and oxygen atoms in total. The van der Waals surface area contributed by atoms with E-state index in [1.165, 1.54) is 12.1 Å². The maximum absolute atomic E-state index is 13.2. The number of thioether (sulfide) groups is 1. The van der Waals surface area contributed by atoms with Gasteiger partial charge in [0.05, 0.1) is 11.9 Å². The molecule has 0 bridgehead atoms. The molecule has 1 heterocycles. The second-order valence-electron chi connectivity index (χ2n) is 4.95. The molecule has 0 saturated carbocycles. The van der Waals surface area contributed by atoms with Crippen molar-refractivity contribution in [3.8, 4) is 0 Å². The van der Waals surface area contributed by atoms with Crippen LogP contribution in [0.2, 0.25) is 0 Å². The Kier molecular flexibility index (Phi) is 5.49. The number of aliphatic imine (C=N–C) groups is 2. The van der Waals surface area contributed by atoms with E-state index in [4.69, 9.17) is 10.5 Å². The molecule has 0 amide bonds. The highest BCUT2D eigenvalue weighted by molar-refractivity contribution is 8.16. The van der Waals surface area contributed by atoms with Crippen LogP contribution in [0.1, 0.15) is 12.5 Å². The van der Waals surface area contributed by atoms with Crippen LogP contribution in [0.3, 0.4) is 0 Å². The summed E-state index contributed by atoms with van der Waals surface area (Å²) < 4.78 is 13.2. The maximum Gasteiger partial charge on any atom is 0.360 e. The first-order chi connectivity index (χ1) is 10.9. The Morgan fingerprint density at radius 2 is 2.35 bits per heavy atom. The fourth-order valence-corrected chi connectivity index (χ4v) is 2.87. The van der Waals surface area contributed by atoms with Gasteiger partial charge in [-0.25, -0.2) is 9.18 Å². The summed E-state index contributed by atoms with van der Waals surface area (Å²) in [7, 11) is 0. The van der Waals surface area contributed by atoms with Crippen molar-refractivity contribution in [2.24, 2.45) is 9.98 Å². The average molecular weight is 336 g/mol. The smallest absolute Gasteiger partial charge is 0.360 e. The molecular formula is C15H17FN4O2S. The Morgan fingerprint density at radius 1 is 1.61 bits per heavy atom. The maximum atomic E-state index is 13.2. The third kappa shape index (κ3) is 4.16. The summed E-state index contributed by atoms with van der Waals surface area (Å²) in [6.07, 6.45) is 0.650. The third-order valence-electron chi connectivity index (χ3n) is 3.36. The lowest BCUT2D eigenvalue weighted by molar-refractivity contribution is -0.129. The van der Waals surface area contributed by atoms with E-state index in [0.29, 0.717) is 13.0 Å². The number of nitrogens with zero attached hydrogens (tertiary/aromatic N) is 3. The zero-order chi connectivity index (χ0) is 17.0. The zero-order valence-corrected chi connectivity index (χ0v) is 13.4. The standard InChI is InChI=1S/C15H17FN4O2S/c1-9(18-2)23-14(15(21)22)19-8-13(17)20-6-5-10-7-11(16)3-4-12(10)20/h3-4,7,9,17H,2,5-6,8H2,1H3,(H,21,22)/b17-13?,19-14-. The van der Waals surface area contributed by atoms with Gasteiger partial charge < -0.3 is 10.0 Å². The van der Waals surface area contributed by atoms with E-state index in [1.54, 1.807) is 17.9 Å². The monoisotopic (exact) mass is 336 g/mol. The first kappa shape index (κ1) is 17.1. The number of carboxylic acids is 1. The largest absolute Gasteiger partial charge is 0.476 e. The van der Waals surface area contributed by atoms with Crippen LogP contribution >= 0.6 is 11.8 Å². The molecule has 0 aliphatic carbocycles. The van der Waals surface area contributed by atoms with E-state index in [0.717, 1.165) is 23.0 Å². The average Bonchev–Trinajstić information content (AvgIpc) is 2.93. The topological polar surface area (TPSA) is 89.1 Å². The molecule has 2 N–H and O–H groups in total. The van der Waals surface area contributed by atoms with E-state index in [9.17, 15) is 9.18 Å². The van der Waals surface area contributed by atoms with Crippen LogP contribution in [0, 0.1) is 11.2 Å². The summed E-state index contributed by atoms with van der Waals surface area (Å²) in [5.74, 6) is -1.28. The minimum Gasteiger partial charge on any atom is -0.476 e. The molecular weight excluding hydrogens is 319 g/mol. The molecule has 8 heteroatoms.